The average molecular weight is 217 g/mol. The van der Waals surface area contributed by atoms with Gasteiger partial charge in [-0.15, -0.1) is 0 Å². The molecule has 16 heavy (non-hydrogen) atoms. The minimum atomic E-state index is 0.0378. The van der Waals surface area contributed by atoms with E-state index in [0.717, 1.165) is 26.2 Å². The zero-order valence-corrected chi connectivity index (χ0v) is 9.10. The summed E-state index contributed by atoms with van der Waals surface area (Å²) in [6.07, 6.45) is 7.55. The van der Waals surface area contributed by atoms with Crippen LogP contribution in [0.5, 0.6) is 0 Å². The molecule has 0 amide bonds. The van der Waals surface area contributed by atoms with Crippen LogP contribution in [-0.4, -0.2) is 36.1 Å². The van der Waals surface area contributed by atoms with Gasteiger partial charge in [-0.1, -0.05) is 0 Å². The minimum absolute atomic E-state index is 0.0378. The Balaban J connectivity index is 1.88. The Hall–Kier alpha value is -1.39. The van der Waals surface area contributed by atoms with E-state index < -0.39 is 0 Å². The molecule has 84 valence electrons. The van der Waals surface area contributed by atoms with Gasteiger partial charge < -0.3 is 10.1 Å². The van der Waals surface area contributed by atoms with Gasteiger partial charge in [0.25, 0.3) is 0 Å². The van der Waals surface area contributed by atoms with Gasteiger partial charge in [-0.3, -0.25) is 9.88 Å². The number of hydrogen-bond donors (Lipinski definition) is 1. The summed E-state index contributed by atoms with van der Waals surface area (Å²) in [5.41, 5.74) is 2.39. The molecule has 3 heterocycles. The lowest BCUT2D eigenvalue weighted by molar-refractivity contribution is -0.0191. The van der Waals surface area contributed by atoms with E-state index in [2.05, 4.69) is 15.2 Å². The molecule has 1 fully saturated rings. The molecule has 0 saturated carbocycles. The van der Waals surface area contributed by atoms with E-state index in [0.29, 0.717) is 0 Å². The average Bonchev–Trinajstić information content (AvgIpc) is 2.39. The highest BCUT2D eigenvalue weighted by Crippen LogP contribution is 2.29. The van der Waals surface area contributed by atoms with E-state index >= 15 is 0 Å². The molecule has 0 radical (unpaired) electrons. The molecule has 0 aromatic carbocycles. The second kappa shape index (κ2) is 4.23. The predicted octanol–water partition coefficient (Wildman–Crippen LogP) is 0.986. The highest BCUT2D eigenvalue weighted by molar-refractivity contribution is 5.54. The van der Waals surface area contributed by atoms with Crippen molar-refractivity contribution in [3.8, 4) is 0 Å². The summed E-state index contributed by atoms with van der Waals surface area (Å²) in [6.45, 7) is 4.10. The van der Waals surface area contributed by atoms with Crippen molar-refractivity contribution >= 4 is 6.08 Å². The molecule has 2 aliphatic heterocycles. The predicted molar refractivity (Wildman–Crippen MR) is 61.5 cm³/mol. The molecule has 4 nitrogen and oxygen atoms in total. The lowest BCUT2D eigenvalue weighted by Crippen LogP contribution is -2.45. The summed E-state index contributed by atoms with van der Waals surface area (Å²) >= 11 is 0. The third kappa shape index (κ3) is 1.70. The van der Waals surface area contributed by atoms with Gasteiger partial charge in [0.1, 0.15) is 0 Å². The molecule has 1 atom stereocenters. The molecule has 0 spiro atoms. The van der Waals surface area contributed by atoms with Crippen molar-refractivity contribution in [3.63, 3.8) is 0 Å². The Labute approximate surface area is 94.9 Å². The summed E-state index contributed by atoms with van der Waals surface area (Å²) in [6, 6.07) is 2.03. The van der Waals surface area contributed by atoms with Crippen molar-refractivity contribution in [3.05, 3.63) is 35.8 Å². The third-order valence-electron chi connectivity index (χ3n) is 3.09. The first-order chi connectivity index (χ1) is 7.95. The zero-order valence-electron chi connectivity index (χ0n) is 9.10. The zero-order chi connectivity index (χ0) is 10.8. The van der Waals surface area contributed by atoms with Gasteiger partial charge in [0.05, 0.1) is 6.26 Å². The summed E-state index contributed by atoms with van der Waals surface area (Å²) in [5, 5.41) is 3.35. The topological polar surface area (TPSA) is 37.4 Å². The fourth-order valence-corrected chi connectivity index (χ4v) is 2.24. The van der Waals surface area contributed by atoms with Crippen LogP contribution in [0.1, 0.15) is 17.4 Å². The van der Waals surface area contributed by atoms with Crippen molar-refractivity contribution in [2.75, 3.05) is 26.2 Å². The second-order valence-corrected chi connectivity index (χ2v) is 4.08. The fraction of sp³-hybridized carbons (Fsp3) is 0.417. The van der Waals surface area contributed by atoms with Crippen molar-refractivity contribution < 1.29 is 4.74 Å². The first kappa shape index (κ1) is 9.81. The van der Waals surface area contributed by atoms with Crippen molar-refractivity contribution in [1.82, 2.24) is 15.2 Å². The molecule has 1 aromatic heterocycles. The Kier molecular flexibility index (Phi) is 2.60. The third-order valence-corrected chi connectivity index (χ3v) is 3.09. The van der Waals surface area contributed by atoms with Gasteiger partial charge >= 0.3 is 0 Å². The monoisotopic (exact) mass is 217 g/mol. The quantitative estimate of drug-likeness (QED) is 0.761. The number of ether oxygens (including phenoxy) is 1. The molecule has 1 unspecified atom stereocenters. The van der Waals surface area contributed by atoms with Gasteiger partial charge in [0, 0.05) is 44.1 Å². The van der Waals surface area contributed by atoms with E-state index in [1.165, 1.54) is 11.1 Å². The van der Waals surface area contributed by atoms with E-state index in [-0.39, 0.29) is 6.23 Å². The summed E-state index contributed by atoms with van der Waals surface area (Å²) in [7, 11) is 0. The van der Waals surface area contributed by atoms with Crippen LogP contribution in [0.4, 0.5) is 0 Å². The number of fused-ring (bicyclic) bond motifs is 1. The lowest BCUT2D eigenvalue weighted by Gasteiger charge is -2.35. The van der Waals surface area contributed by atoms with Crippen molar-refractivity contribution in [2.45, 2.75) is 6.23 Å². The molecule has 1 aromatic rings. The van der Waals surface area contributed by atoms with Crippen LogP contribution in [0.25, 0.3) is 6.08 Å². The SMILES string of the molecule is C1=Cc2ccncc2C(N2CCNCC2)O1. The van der Waals surface area contributed by atoms with Crippen LogP contribution in [0.3, 0.4) is 0 Å². The van der Waals surface area contributed by atoms with E-state index in [4.69, 9.17) is 4.74 Å². The van der Waals surface area contributed by atoms with Crippen LogP contribution in [-0.2, 0) is 4.74 Å². The minimum Gasteiger partial charge on any atom is -0.478 e. The van der Waals surface area contributed by atoms with Crippen molar-refractivity contribution in [2.24, 2.45) is 0 Å². The van der Waals surface area contributed by atoms with E-state index in [9.17, 15) is 0 Å². The molecule has 1 N–H and O–H groups in total. The highest BCUT2D eigenvalue weighted by atomic mass is 16.5. The maximum Gasteiger partial charge on any atom is 0.180 e. The van der Waals surface area contributed by atoms with Crippen LogP contribution in [0, 0.1) is 0 Å². The van der Waals surface area contributed by atoms with Crippen LogP contribution < -0.4 is 5.32 Å². The smallest absolute Gasteiger partial charge is 0.180 e. The van der Waals surface area contributed by atoms with Gasteiger partial charge in [-0.25, -0.2) is 0 Å². The van der Waals surface area contributed by atoms with E-state index in [1.54, 1.807) is 6.26 Å². The molecule has 2 aliphatic rings. The van der Waals surface area contributed by atoms with Gasteiger partial charge in [-0.05, 0) is 17.7 Å². The first-order valence-corrected chi connectivity index (χ1v) is 5.66. The molecular weight excluding hydrogens is 202 g/mol. The van der Waals surface area contributed by atoms with Crippen molar-refractivity contribution in [1.29, 1.82) is 0 Å². The number of piperazine rings is 1. The Morgan fingerprint density at radius 3 is 3.12 bits per heavy atom. The largest absolute Gasteiger partial charge is 0.478 e. The summed E-state index contributed by atoms with van der Waals surface area (Å²) in [5.74, 6) is 0. The molecule has 3 rings (SSSR count). The molecular formula is C12H15N3O. The number of hydrogen-bond acceptors (Lipinski definition) is 4. The summed E-state index contributed by atoms with van der Waals surface area (Å²) < 4.78 is 5.72. The normalized spacial score (nSPS) is 24.9. The molecule has 4 heteroatoms. The lowest BCUT2D eigenvalue weighted by atomic mass is 10.1. The van der Waals surface area contributed by atoms with Crippen LogP contribution in [0.15, 0.2) is 24.7 Å². The number of aromatic nitrogens is 1. The van der Waals surface area contributed by atoms with Crippen LogP contribution >= 0.6 is 0 Å². The van der Waals surface area contributed by atoms with Crippen LogP contribution in [0.2, 0.25) is 0 Å². The molecule has 0 aliphatic carbocycles. The second-order valence-electron chi connectivity index (χ2n) is 4.08. The maximum atomic E-state index is 5.72. The number of pyridine rings is 1. The number of rotatable bonds is 1. The highest BCUT2D eigenvalue weighted by Gasteiger charge is 2.26. The molecule has 1 saturated heterocycles. The number of nitrogens with one attached hydrogen (secondary N) is 1. The maximum absolute atomic E-state index is 5.72. The standard InChI is InChI=1S/C12H15N3O/c1-3-14-9-11-10(1)2-8-16-12(11)15-6-4-13-5-7-15/h1-3,8-9,12-13H,4-7H2. The van der Waals surface area contributed by atoms with Gasteiger partial charge in [0.15, 0.2) is 6.23 Å². The Bertz CT molecular complexity index is 399. The van der Waals surface area contributed by atoms with E-state index in [1.807, 2.05) is 24.5 Å². The number of nitrogens with zero attached hydrogens (tertiary/aromatic N) is 2. The first-order valence-electron chi connectivity index (χ1n) is 5.66. The molecule has 0 bridgehead atoms. The fourth-order valence-electron chi connectivity index (χ4n) is 2.24. The Morgan fingerprint density at radius 2 is 2.25 bits per heavy atom. The van der Waals surface area contributed by atoms with Gasteiger partial charge in [0.2, 0.25) is 0 Å². The summed E-state index contributed by atoms with van der Waals surface area (Å²) in [4.78, 5) is 6.53. The van der Waals surface area contributed by atoms with Gasteiger partial charge in [-0.2, -0.15) is 0 Å². The Morgan fingerprint density at radius 1 is 1.38 bits per heavy atom.